The molecule has 0 radical (unpaired) electrons. The molecule has 0 aromatic heterocycles. The maximum atomic E-state index is 10.5. The monoisotopic (exact) mass is 412 g/mol. The van der Waals surface area contributed by atoms with E-state index in [0.29, 0.717) is 6.54 Å². The minimum Gasteiger partial charge on any atom is -0.497 e. The number of benzene rings is 2. The minimum atomic E-state index is -0.650. The fourth-order valence-corrected chi connectivity index (χ4v) is 3.51. The van der Waals surface area contributed by atoms with Crippen molar-refractivity contribution in [1.29, 1.82) is 0 Å². The summed E-state index contributed by atoms with van der Waals surface area (Å²) in [6, 6.07) is 15.6. The van der Waals surface area contributed by atoms with Gasteiger partial charge in [0.05, 0.1) is 26.9 Å². The highest BCUT2D eigenvalue weighted by Gasteiger charge is 2.20. The van der Waals surface area contributed by atoms with Crippen LogP contribution in [0.3, 0.4) is 0 Å². The smallest absolute Gasteiger partial charge is 0.194 e. The molecule has 0 amide bonds. The van der Waals surface area contributed by atoms with Crippen LogP contribution in [0.4, 0.5) is 5.69 Å². The normalized spacial score (nSPS) is 15.7. The second kappa shape index (κ2) is 10.7. The van der Waals surface area contributed by atoms with Gasteiger partial charge in [-0.1, -0.05) is 18.2 Å². The van der Waals surface area contributed by atoms with E-state index in [1.165, 1.54) is 5.69 Å². The van der Waals surface area contributed by atoms with Gasteiger partial charge in [0.2, 0.25) is 0 Å². The van der Waals surface area contributed by atoms with Crippen LogP contribution in [0.15, 0.2) is 53.5 Å². The molecule has 0 spiro atoms. The SMILES string of the molecule is CCNC(=NCC(O)c1ccc(OC)cc1)N1CCN(c2cccc(OC)c2)CC1. The Bertz CT molecular complexity index is 817. The molecule has 162 valence electrons. The number of nitrogens with zero attached hydrogens (tertiary/aromatic N) is 3. The van der Waals surface area contributed by atoms with Crippen molar-refractivity contribution in [3.05, 3.63) is 54.1 Å². The molecular formula is C23H32N4O3. The van der Waals surface area contributed by atoms with E-state index in [-0.39, 0.29) is 0 Å². The predicted molar refractivity (Wildman–Crippen MR) is 121 cm³/mol. The lowest BCUT2D eigenvalue weighted by Gasteiger charge is -2.37. The topological polar surface area (TPSA) is 69.6 Å². The summed E-state index contributed by atoms with van der Waals surface area (Å²) in [6.07, 6.45) is -0.650. The van der Waals surface area contributed by atoms with E-state index >= 15 is 0 Å². The Morgan fingerprint density at radius 3 is 2.37 bits per heavy atom. The van der Waals surface area contributed by atoms with Crippen molar-refractivity contribution in [3.63, 3.8) is 0 Å². The standard InChI is InChI=1S/C23H32N4O3/c1-4-24-23(25-17-22(28)18-8-10-20(29-2)11-9-18)27-14-12-26(13-15-27)19-6-5-7-21(16-19)30-3/h5-11,16,22,28H,4,12-15,17H2,1-3H3,(H,24,25). The van der Waals surface area contributed by atoms with Gasteiger partial charge in [0.25, 0.3) is 0 Å². The predicted octanol–water partition coefficient (Wildman–Crippen LogP) is 2.52. The summed E-state index contributed by atoms with van der Waals surface area (Å²) in [5.74, 6) is 2.49. The van der Waals surface area contributed by atoms with Gasteiger partial charge in [0.15, 0.2) is 5.96 Å². The number of aliphatic hydroxyl groups is 1. The third kappa shape index (κ3) is 5.57. The van der Waals surface area contributed by atoms with Crippen molar-refractivity contribution in [1.82, 2.24) is 10.2 Å². The molecule has 1 aliphatic rings. The molecule has 30 heavy (non-hydrogen) atoms. The van der Waals surface area contributed by atoms with E-state index < -0.39 is 6.10 Å². The number of guanidine groups is 1. The molecule has 2 aromatic rings. The molecule has 2 aromatic carbocycles. The van der Waals surface area contributed by atoms with Crippen LogP contribution in [0, 0.1) is 0 Å². The van der Waals surface area contributed by atoms with E-state index in [2.05, 4.69) is 34.2 Å². The largest absolute Gasteiger partial charge is 0.497 e. The van der Waals surface area contributed by atoms with E-state index in [0.717, 1.165) is 55.7 Å². The van der Waals surface area contributed by atoms with Crippen LogP contribution >= 0.6 is 0 Å². The van der Waals surface area contributed by atoms with E-state index in [9.17, 15) is 5.11 Å². The van der Waals surface area contributed by atoms with Gasteiger partial charge in [-0.25, -0.2) is 0 Å². The highest BCUT2D eigenvalue weighted by Crippen LogP contribution is 2.22. The zero-order chi connectivity index (χ0) is 21.3. The number of nitrogens with one attached hydrogen (secondary N) is 1. The van der Waals surface area contributed by atoms with Crippen molar-refractivity contribution >= 4 is 11.6 Å². The number of piperazine rings is 1. The summed E-state index contributed by atoms with van der Waals surface area (Å²) < 4.78 is 10.5. The molecule has 1 saturated heterocycles. The second-order valence-corrected chi connectivity index (χ2v) is 7.16. The van der Waals surface area contributed by atoms with Crippen molar-refractivity contribution in [3.8, 4) is 11.5 Å². The number of methoxy groups -OCH3 is 2. The molecular weight excluding hydrogens is 380 g/mol. The molecule has 0 bridgehead atoms. The van der Waals surface area contributed by atoms with Crippen LogP contribution in [-0.2, 0) is 0 Å². The molecule has 1 aliphatic heterocycles. The highest BCUT2D eigenvalue weighted by atomic mass is 16.5. The highest BCUT2D eigenvalue weighted by molar-refractivity contribution is 5.80. The average molecular weight is 413 g/mol. The van der Waals surface area contributed by atoms with Crippen LogP contribution in [-0.4, -0.2) is 69.5 Å². The van der Waals surface area contributed by atoms with Gasteiger partial charge in [-0.05, 0) is 36.8 Å². The lowest BCUT2D eigenvalue weighted by molar-refractivity contribution is 0.186. The van der Waals surface area contributed by atoms with Crippen LogP contribution in [0.1, 0.15) is 18.6 Å². The van der Waals surface area contributed by atoms with Crippen molar-refractivity contribution in [2.24, 2.45) is 4.99 Å². The molecule has 3 rings (SSSR count). The van der Waals surface area contributed by atoms with Crippen LogP contribution in [0.2, 0.25) is 0 Å². The maximum Gasteiger partial charge on any atom is 0.194 e. The van der Waals surface area contributed by atoms with Crippen LogP contribution in [0.5, 0.6) is 11.5 Å². The average Bonchev–Trinajstić information content (AvgIpc) is 2.81. The number of anilines is 1. The van der Waals surface area contributed by atoms with Gasteiger partial charge in [0.1, 0.15) is 11.5 Å². The van der Waals surface area contributed by atoms with Crippen LogP contribution in [0.25, 0.3) is 0 Å². The first-order valence-corrected chi connectivity index (χ1v) is 10.4. The fourth-order valence-electron chi connectivity index (χ4n) is 3.51. The van der Waals surface area contributed by atoms with Gasteiger partial charge in [0, 0.05) is 44.5 Å². The Morgan fingerprint density at radius 2 is 1.73 bits per heavy atom. The third-order valence-electron chi connectivity index (χ3n) is 5.25. The molecule has 7 nitrogen and oxygen atoms in total. The van der Waals surface area contributed by atoms with Gasteiger partial charge in [-0.3, -0.25) is 4.99 Å². The van der Waals surface area contributed by atoms with Crippen molar-refractivity contribution < 1.29 is 14.6 Å². The Hall–Kier alpha value is -2.93. The molecule has 0 aliphatic carbocycles. The lowest BCUT2D eigenvalue weighted by atomic mass is 10.1. The number of ether oxygens (including phenoxy) is 2. The van der Waals surface area contributed by atoms with Gasteiger partial charge in [-0.15, -0.1) is 0 Å². The maximum absolute atomic E-state index is 10.5. The Balaban J connectivity index is 1.60. The third-order valence-corrected chi connectivity index (χ3v) is 5.25. The lowest BCUT2D eigenvalue weighted by Crippen LogP contribution is -2.52. The summed E-state index contributed by atoms with van der Waals surface area (Å²) in [7, 11) is 3.32. The fraction of sp³-hybridized carbons (Fsp3) is 0.435. The Labute approximate surface area is 178 Å². The van der Waals surface area contributed by atoms with E-state index in [1.54, 1.807) is 14.2 Å². The summed E-state index contributed by atoms with van der Waals surface area (Å²) in [5.41, 5.74) is 2.00. The van der Waals surface area contributed by atoms with Gasteiger partial charge >= 0.3 is 0 Å². The zero-order valence-electron chi connectivity index (χ0n) is 18.0. The Morgan fingerprint density at radius 1 is 1.03 bits per heavy atom. The minimum absolute atomic E-state index is 0.310. The number of aliphatic hydroxyl groups excluding tert-OH is 1. The molecule has 1 unspecified atom stereocenters. The first-order valence-electron chi connectivity index (χ1n) is 10.4. The number of hydrogen-bond donors (Lipinski definition) is 2. The molecule has 2 N–H and O–H groups in total. The quantitative estimate of drug-likeness (QED) is 0.538. The van der Waals surface area contributed by atoms with E-state index in [1.807, 2.05) is 36.4 Å². The molecule has 1 atom stereocenters. The summed E-state index contributed by atoms with van der Waals surface area (Å²) in [6.45, 7) is 6.68. The first kappa shape index (κ1) is 21.8. The number of rotatable bonds is 7. The second-order valence-electron chi connectivity index (χ2n) is 7.16. The Kier molecular flexibility index (Phi) is 7.79. The number of aliphatic imine (C=N–C) groups is 1. The molecule has 1 heterocycles. The van der Waals surface area contributed by atoms with Crippen LogP contribution < -0.4 is 19.7 Å². The van der Waals surface area contributed by atoms with Crippen molar-refractivity contribution in [2.45, 2.75) is 13.0 Å². The number of hydrogen-bond acceptors (Lipinski definition) is 5. The zero-order valence-corrected chi connectivity index (χ0v) is 18.0. The van der Waals surface area contributed by atoms with E-state index in [4.69, 9.17) is 14.5 Å². The van der Waals surface area contributed by atoms with Gasteiger partial charge in [-0.2, -0.15) is 0 Å². The van der Waals surface area contributed by atoms with Gasteiger partial charge < -0.3 is 29.7 Å². The molecule has 0 saturated carbocycles. The summed E-state index contributed by atoms with van der Waals surface area (Å²) >= 11 is 0. The summed E-state index contributed by atoms with van der Waals surface area (Å²) in [4.78, 5) is 9.30. The first-order chi connectivity index (χ1) is 14.6. The summed E-state index contributed by atoms with van der Waals surface area (Å²) in [5, 5.41) is 13.9. The molecule has 1 fully saturated rings. The molecule has 7 heteroatoms. The van der Waals surface area contributed by atoms with Crippen molar-refractivity contribution in [2.75, 3.05) is 58.4 Å².